The number of aliphatic carboxylic acids is 1. The van der Waals surface area contributed by atoms with Crippen molar-refractivity contribution >= 4 is 23.7 Å². The number of carboxylic acids is 1. The third kappa shape index (κ3) is 5.04. The van der Waals surface area contributed by atoms with Crippen LogP contribution in [0.25, 0.3) is 0 Å². The molecule has 1 N–H and O–H groups in total. The Bertz CT molecular complexity index is 1200. The maximum atomic E-state index is 14.5. The Morgan fingerprint density at radius 2 is 1.73 bits per heavy atom. The quantitative estimate of drug-likeness (QED) is 0.511. The number of amides is 2. The van der Waals surface area contributed by atoms with Crippen molar-refractivity contribution in [2.75, 3.05) is 4.90 Å². The van der Waals surface area contributed by atoms with E-state index in [1.807, 2.05) is 4.90 Å². The molecule has 196 valence electrons. The number of carboxylic acid groups (broad SMARTS) is 1. The van der Waals surface area contributed by atoms with Crippen molar-refractivity contribution < 1.29 is 33.0 Å². The highest BCUT2D eigenvalue weighted by Gasteiger charge is 2.52. The molecule has 0 spiro atoms. The summed E-state index contributed by atoms with van der Waals surface area (Å²) >= 11 is 0. The third-order valence-corrected chi connectivity index (χ3v) is 7.73. The summed E-state index contributed by atoms with van der Waals surface area (Å²) in [7, 11) is 0. The Hall–Kier alpha value is -3.49. The fraction of sp³-hybridized carbons (Fsp3) is 0.464. The lowest BCUT2D eigenvalue weighted by Crippen LogP contribution is -2.53. The van der Waals surface area contributed by atoms with E-state index in [0.29, 0.717) is 23.2 Å². The van der Waals surface area contributed by atoms with Gasteiger partial charge >= 0.3 is 12.1 Å². The number of halogens is 2. The van der Waals surface area contributed by atoms with Crippen LogP contribution in [0.15, 0.2) is 42.5 Å². The molecule has 2 fully saturated rings. The van der Waals surface area contributed by atoms with Gasteiger partial charge < -0.3 is 14.7 Å². The van der Waals surface area contributed by atoms with Crippen LogP contribution >= 0.6 is 0 Å². The van der Waals surface area contributed by atoms with Crippen LogP contribution in [0.1, 0.15) is 75.1 Å². The third-order valence-electron chi connectivity index (χ3n) is 7.73. The van der Waals surface area contributed by atoms with E-state index in [1.54, 1.807) is 25.1 Å². The Kier molecular flexibility index (Phi) is 6.88. The zero-order valence-electron chi connectivity index (χ0n) is 20.6. The van der Waals surface area contributed by atoms with E-state index in [0.717, 1.165) is 25.7 Å². The SMILES string of the molecule is C[C@H](OC(=O)N1c2cc(F)ccc2C(N(C(=O)CCC(=O)O)C2CC2)C2CCCC21)c1ccc(F)cc1. The number of anilines is 1. The molecule has 1 heterocycles. The van der Waals surface area contributed by atoms with Crippen molar-refractivity contribution in [2.24, 2.45) is 5.92 Å². The van der Waals surface area contributed by atoms with Crippen LogP contribution in [0.5, 0.6) is 0 Å². The highest BCUT2D eigenvalue weighted by molar-refractivity contribution is 5.91. The first-order chi connectivity index (χ1) is 17.7. The predicted octanol–water partition coefficient (Wildman–Crippen LogP) is 5.75. The van der Waals surface area contributed by atoms with Crippen LogP contribution in [0.2, 0.25) is 0 Å². The smallest absolute Gasteiger partial charge is 0.415 e. The molecule has 1 aliphatic heterocycles. The fourth-order valence-corrected chi connectivity index (χ4v) is 5.92. The van der Waals surface area contributed by atoms with E-state index < -0.39 is 24.0 Å². The fourth-order valence-electron chi connectivity index (χ4n) is 5.92. The molecule has 0 bridgehead atoms. The van der Waals surface area contributed by atoms with Gasteiger partial charge in [0, 0.05) is 24.4 Å². The standard InChI is InChI=1S/C28H30F2N2O5/c1-16(17-5-7-18(29)8-6-17)37-28(36)32-23-4-2-3-21(23)27(22-12-9-19(30)15-24(22)32)31(20-10-11-20)25(33)13-14-26(34)35/h5-9,12,15-16,20-21,23,27H,2-4,10-11,13-14H2,1H3,(H,34,35)/t16-,21?,23?,27?/m0/s1. The van der Waals surface area contributed by atoms with Gasteiger partial charge in [0.2, 0.25) is 5.91 Å². The van der Waals surface area contributed by atoms with Crippen molar-refractivity contribution in [1.82, 2.24) is 4.90 Å². The van der Waals surface area contributed by atoms with Crippen molar-refractivity contribution in [2.45, 2.75) is 76.1 Å². The first-order valence-corrected chi connectivity index (χ1v) is 12.8. The number of carbonyl (C=O) groups excluding carboxylic acids is 2. The monoisotopic (exact) mass is 512 g/mol. The van der Waals surface area contributed by atoms with Gasteiger partial charge in [-0.05, 0) is 68.0 Å². The predicted molar refractivity (Wildman–Crippen MR) is 131 cm³/mol. The molecule has 0 radical (unpaired) electrons. The highest BCUT2D eigenvalue weighted by atomic mass is 19.1. The molecule has 4 atom stereocenters. The number of ether oxygens (including phenoxy) is 1. The molecule has 2 aliphatic carbocycles. The molecule has 5 rings (SSSR count). The molecule has 0 saturated heterocycles. The Labute approximate surface area is 214 Å². The average Bonchev–Trinajstić information content (AvgIpc) is 3.58. The van der Waals surface area contributed by atoms with Crippen LogP contribution in [-0.4, -0.2) is 40.1 Å². The molecule has 2 saturated carbocycles. The number of hydrogen-bond acceptors (Lipinski definition) is 4. The van der Waals surface area contributed by atoms with Gasteiger partial charge in [-0.25, -0.2) is 13.6 Å². The Morgan fingerprint density at radius 1 is 1.03 bits per heavy atom. The molecular weight excluding hydrogens is 482 g/mol. The number of nitrogens with zero attached hydrogens (tertiary/aromatic N) is 2. The van der Waals surface area contributed by atoms with Crippen molar-refractivity contribution in [3.63, 3.8) is 0 Å². The first-order valence-electron chi connectivity index (χ1n) is 12.8. The summed E-state index contributed by atoms with van der Waals surface area (Å²) in [5, 5.41) is 9.12. The van der Waals surface area contributed by atoms with Gasteiger partial charge in [-0.15, -0.1) is 0 Å². The normalized spacial score (nSPS) is 23.1. The van der Waals surface area contributed by atoms with Gasteiger partial charge in [0.05, 0.1) is 18.2 Å². The van der Waals surface area contributed by atoms with Crippen LogP contribution in [0.4, 0.5) is 19.3 Å². The van der Waals surface area contributed by atoms with Gasteiger partial charge in [-0.1, -0.05) is 24.6 Å². The average molecular weight is 513 g/mol. The van der Waals surface area contributed by atoms with Crippen molar-refractivity contribution in [3.8, 4) is 0 Å². The summed E-state index contributed by atoms with van der Waals surface area (Å²) in [6, 6.07) is 9.36. The van der Waals surface area contributed by atoms with Crippen LogP contribution in [-0.2, 0) is 14.3 Å². The lowest BCUT2D eigenvalue weighted by molar-refractivity contribution is -0.142. The van der Waals surface area contributed by atoms with E-state index in [9.17, 15) is 23.2 Å². The molecule has 37 heavy (non-hydrogen) atoms. The molecule has 2 aromatic carbocycles. The number of fused-ring (bicyclic) bond motifs is 2. The largest absolute Gasteiger partial charge is 0.481 e. The van der Waals surface area contributed by atoms with E-state index >= 15 is 0 Å². The minimum atomic E-state index is -1.03. The topological polar surface area (TPSA) is 87.2 Å². The van der Waals surface area contributed by atoms with Gasteiger partial charge in [0.1, 0.15) is 17.7 Å². The minimum absolute atomic E-state index is 0.0162. The lowest BCUT2D eigenvalue weighted by Gasteiger charge is -2.47. The van der Waals surface area contributed by atoms with Crippen molar-refractivity contribution in [1.29, 1.82) is 0 Å². The maximum absolute atomic E-state index is 14.5. The number of benzene rings is 2. The Morgan fingerprint density at radius 3 is 2.41 bits per heavy atom. The van der Waals surface area contributed by atoms with Crippen LogP contribution < -0.4 is 4.90 Å². The molecule has 0 aromatic heterocycles. The van der Waals surface area contributed by atoms with Gasteiger partial charge in [-0.3, -0.25) is 14.5 Å². The minimum Gasteiger partial charge on any atom is -0.481 e. The lowest BCUT2D eigenvalue weighted by atomic mass is 9.81. The Balaban J connectivity index is 1.49. The number of rotatable bonds is 7. The molecular formula is C28H30F2N2O5. The summed E-state index contributed by atoms with van der Waals surface area (Å²) in [4.78, 5) is 41.3. The van der Waals surface area contributed by atoms with E-state index in [-0.39, 0.29) is 48.6 Å². The summed E-state index contributed by atoms with van der Waals surface area (Å²) in [5.41, 5.74) is 1.68. The second kappa shape index (κ2) is 10.1. The second-order valence-electron chi connectivity index (χ2n) is 10.2. The molecule has 3 aliphatic rings. The van der Waals surface area contributed by atoms with E-state index in [2.05, 4.69) is 0 Å². The molecule has 3 unspecified atom stereocenters. The molecule has 9 heteroatoms. The number of carbonyl (C=O) groups is 3. The molecule has 7 nitrogen and oxygen atoms in total. The molecule has 2 aromatic rings. The summed E-state index contributed by atoms with van der Waals surface area (Å²) < 4.78 is 33.7. The van der Waals surface area contributed by atoms with Gasteiger partial charge in [-0.2, -0.15) is 0 Å². The zero-order chi connectivity index (χ0) is 26.3. The van der Waals surface area contributed by atoms with Gasteiger partial charge in [0.15, 0.2) is 0 Å². The van der Waals surface area contributed by atoms with E-state index in [1.165, 1.54) is 29.2 Å². The van der Waals surface area contributed by atoms with Crippen molar-refractivity contribution in [3.05, 3.63) is 65.2 Å². The zero-order valence-corrected chi connectivity index (χ0v) is 20.6. The highest BCUT2D eigenvalue weighted by Crippen LogP contribution is 2.53. The number of hydrogen-bond donors (Lipinski definition) is 1. The van der Waals surface area contributed by atoms with Gasteiger partial charge in [0.25, 0.3) is 0 Å². The summed E-state index contributed by atoms with van der Waals surface area (Å²) in [6.07, 6.45) is 2.35. The summed E-state index contributed by atoms with van der Waals surface area (Å²) in [6.45, 7) is 1.70. The second-order valence-corrected chi connectivity index (χ2v) is 10.2. The first kappa shape index (κ1) is 25.2. The summed E-state index contributed by atoms with van der Waals surface area (Å²) in [5.74, 6) is -2.23. The molecule has 2 amide bonds. The maximum Gasteiger partial charge on any atom is 0.415 e. The van der Waals surface area contributed by atoms with E-state index in [4.69, 9.17) is 9.84 Å². The van der Waals surface area contributed by atoms with Crippen LogP contribution in [0, 0.1) is 17.6 Å². The van der Waals surface area contributed by atoms with Crippen LogP contribution in [0.3, 0.4) is 0 Å².